The van der Waals surface area contributed by atoms with E-state index in [9.17, 15) is 4.79 Å². The van der Waals surface area contributed by atoms with E-state index in [4.69, 9.17) is 0 Å². The summed E-state index contributed by atoms with van der Waals surface area (Å²) in [7, 11) is 0. The summed E-state index contributed by atoms with van der Waals surface area (Å²) in [6.45, 7) is 0. The number of anilines is 1. The first kappa shape index (κ1) is 13.7. The Balaban J connectivity index is 1.33. The lowest BCUT2D eigenvalue weighted by Gasteiger charge is -2.21. The second-order valence-electron chi connectivity index (χ2n) is 7.00. The van der Waals surface area contributed by atoms with Crippen molar-refractivity contribution in [1.82, 2.24) is 15.6 Å². The van der Waals surface area contributed by atoms with Gasteiger partial charge in [-0.15, -0.1) is 11.3 Å². The van der Waals surface area contributed by atoms with E-state index in [0.717, 1.165) is 16.5 Å². The van der Waals surface area contributed by atoms with Crippen molar-refractivity contribution in [2.45, 2.75) is 56.3 Å². The molecule has 3 N–H and O–H groups in total. The third-order valence-corrected chi connectivity index (χ3v) is 6.19. The quantitative estimate of drug-likeness (QED) is 0.807. The van der Waals surface area contributed by atoms with Crippen LogP contribution in [0.5, 0.6) is 0 Å². The van der Waals surface area contributed by atoms with Crippen molar-refractivity contribution in [2.24, 2.45) is 0 Å². The van der Waals surface area contributed by atoms with Crippen LogP contribution in [0.25, 0.3) is 10.1 Å². The minimum atomic E-state index is -0.0471. The van der Waals surface area contributed by atoms with E-state index < -0.39 is 0 Å². The molecule has 0 unspecified atom stereocenters. The first-order valence-corrected chi connectivity index (χ1v) is 9.29. The van der Waals surface area contributed by atoms with Crippen molar-refractivity contribution in [3.8, 4) is 0 Å². The number of pyridine rings is 1. The van der Waals surface area contributed by atoms with Gasteiger partial charge >= 0.3 is 0 Å². The molecule has 3 atom stereocenters. The van der Waals surface area contributed by atoms with Gasteiger partial charge in [-0.05, 0) is 49.6 Å². The highest BCUT2D eigenvalue weighted by Crippen LogP contribution is 2.34. The van der Waals surface area contributed by atoms with Crippen molar-refractivity contribution in [3.05, 3.63) is 24.0 Å². The summed E-state index contributed by atoms with van der Waals surface area (Å²) in [6, 6.07) is 5.99. The van der Waals surface area contributed by atoms with Crippen molar-refractivity contribution in [2.75, 3.05) is 5.32 Å². The molecule has 2 aromatic rings. The highest BCUT2D eigenvalue weighted by atomic mass is 32.1. The molecule has 1 amide bonds. The summed E-state index contributed by atoms with van der Waals surface area (Å²) < 4.78 is 1.13. The van der Waals surface area contributed by atoms with Crippen molar-refractivity contribution >= 4 is 32.3 Å². The van der Waals surface area contributed by atoms with Crippen LogP contribution in [0.1, 0.15) is 42.6 Å². The number of hydrogen-bond donors (Lipinski definition) is 3. The lowest BCUT2D eigenvalue weighted by Crippen LogP contribution is -2.43. The Labute approximate surface area is 138 Å². The van der Waals surface area contributed by atoms with Gasteiger partial charge in [-0.3, -0.25) is 4.79 Å². The van der Waals surface area contributed by atoms with Gasteiger partial charge in [0.25, 0.3) is 5.91 Å². The first-order chi connectivity index (χ1) is 11.2. The molecule has 2 aromatic heterocycles. The molecule has 23 heavy (non-hydrogen) atoms. The zero-order valence-corrected chi connectivity index (χ0v) is 13.7. The Bertz CT molecular complexity index is 769. The lowest BCUT2D eigenvalue weighted by molar-refractivity contribution is 0.0926. The Hall–Kier alpha value is -1.66. The maximum Gasteiger partial charge on any atom is 0.270 e. The highest BCUT2D eigenvalue weighted by molar-refractivity contribution is 7.22. The van der Waals surface area contributed by atoms with Crippen LogP contribution in [0.2, 0.25) is 0 Å². The van der Waals surface area contributed by atoms with Gasteiger partial charge in [-0.25, -0.2) is 4.98 Å². The second-order valence-corrected chi connectivity index (χ2v) is 8.08. The molecular weight excluding hydrogens is 308 g/mol. The SMILES string of the molecule is O=C(N[C@@H]1C[C@H]2CC[C@@H]1N2)c1cc2cc(NC3CC3)sc2cn1. The van der Waals surface area contributed by atoms with Crippen LogP contribution in [-0.4, -0.2) is 35.1 Å². The maximum absolute atomic E-state index is 12.5. The number of carbonyl (C=O) groups excluding carboxylic acids is 1. The molecule has 1 saturated carbocycles. The molecule has 120 valence electrons. The summed E-state index contributed by atoms with van der Waals surface area (Å²) in [5, 5.41) is 12.5. The minimum Gasteiger partial charge on any atom is -0.374 e. The van der Waals surface area contributed by atoms with Gasteiger partial charge in [0.1, 0.15) is 5.69 Å². The molecule has 0 aromatic carbocycles. The van der Waals surface area contributed by atoms with E-state index in [1.54, 1.807) is 11.3 Å². The van der Waals surface area contributed by atoms with Crippen LogP contribution < -0.4 is 16.0 Å². The fourth-order valence-corrected chi connectivity index (χ4v) is 4.79. The standard InChI is InChI=1S/C17H20N4OS/c22-17(21-13-7-11-3-4-12(13)19-11)14-5-9-6-16(20-10-1-2-10)23-15(9)8-18-14/h5-6,8,10-13,19-20H,1-4,7H2,(H,21,22)/t11-,12+,13-/m1/s1. The molecular formula is C17H20N4OS. The van der Waals surface area contributed by atoms with Crippen LogP contribution in [0.4, 0.5) is 5.00 Å². The minimum absolute atomic E-state index is 0.0471. The van der Waals surface area contributed by atoms with Gasteiger partial charge in [-0.2, -0.15) is 0 Å². The Morgan fingerprint density at radius 2 is 2.17 bits per heavy atom. The normalized spacial score (nSPS) is 29.1. The third-order valence-electron chi connectivity index (χ3n) is 5.18. The lowest BCUT2D eigenvalue weighted by atomic mass is 9.95. The number of thiophene rings is 1. The molecule has 2 bridgehead atoms. The summed E-state index contributed by atoms with van der Waals surface area (Å²) in [4.78, 5) is 16.9. The fraction of sp³-hybridized carbons (Fsp3) is 0.529. The summed E-state index contributed by atoms with van der Waals surface area (Å²) in [6.07, 6.45) is 7.81. The largest absolute Gasteiger partial charge is 0.374 e. The molecule has 1 aliphatic carbocycles. The van der Waals surface area contributed by atoms with Gasteiger partial charge in [0.2, 0.25) is 0 Å². The monoisotopic (exact) mass is 328 g/mol. The van der Waals surface area contributed by atoms with Crippen molar-refractivity contribution in [1.29, 1.82) is 0 Å². The van der Waals surface area contributed by atoms with E-state index >= 15 is 0 Å². The van der Waals surface area contributed by atoms with Crippen LogP contribution in [-0.2, 0) is 0 Å². The summed E-state index contributed by atoms with van der Waals surface area (Å²) in [5.74, 6) is -0.0471. The van der Waals surface area contributed by atoms with Gasteiger partial charge in [0.05, 0.1) is 9.70 Å². The van der Waals surface area contributed by atoms with Gasteiger partial charge in [0, 0.05) is 30.4 Å². The number of nitrogens with one attached hydrogen (secondary N) is 3. The van der Waals surface area contributed by atoms with Crippen LogP contribution >= 0.6 is 11.3 Å². The zero-order chi connectivity index (χ0) is 15.4. The number of carbonyl (C=O) groups is 1. The number of aromatic nitrogens is 1. The first-order valence-electron chi connectivity index (χ1n) is 8.48. The van der Waals surface area contributed by atoms with Gasteiger partial charge in [-0.1, -0.05) is 0 Å². The Kier molecular flexibility index (Phi) is 3.09. The molecule has 3 fully saturated rings. The van der Waals surface area contributed by atoms with Crippen molar-refractivity contribution < 1.29 is 4.79 Å². The third kappa shape index (κ3) is 2.60. The number of hydrogen-bond acceptors (Lipinski definition) is 5. The Morgan fingerprint density at radius 1 is 1.26 bits per heavy atom. The molecule has 0 radical (unpaired) electrons. The van der Waals surface area contributed by atoms with Crippen molar-refractivity contribution in [3.63, 3.8) is 0 Å². The van der Waals surface area contributed by atoms with E-state index in [2.05, 4.69) is 27.0 Å². The van der Waals surface area contributed by atoms with Crippen LogP contribution in [0.15, 0.2) is 18.3 Å². The topological polar surface area (TPSA) is 66.1 Å². The molecule has 0 spiro atoms. The van der Waals surface area contributed by atoms with E-state index in [1.807, 2.05) is 12.3 Å². The second kappa shape index (κ2) is 5.18. The average Bonchev–Trinajstić information content (AvgIpc) is 2.97. The number of fused-ring (bicyclic) bond motifs is 3. The predicted octanol–water partition coefficient (Wildman–Crippen LogP) is 2.49. The smallest absolute Gasteiger partial charge is 0.270 e. The van der Waals surface area contributed by atoms with E-state index in [1.165, 1.54) is 30.7 Å². The maximum atomic E-state index is 12.5. The molecule has 2 saturated heterocycles. The van der Waals surface area contributed by atoms with Crippen LogP contribution in [0.3, 0.4) is 0 Å². The molecule has 6 heteroatoms. The van der Waals surface area contributed by atoms with Gasteiger partial charge in [0.15, 0.2) is 0 Å². The van der Waals surface area contributed by atoms with E-state index in [0.29, 0.717) is 23.8 Å². The molecule has 5 nitrogen and oxygen atoms in total. The van der Waals surface area contributed by atoms with Crippen LogP contribution in [0, 0.1) is 0 Å². The molecule has 2 aliphatic heterocycles. The molecule has 3 aliphatic rings. The molecule has 4 heterocycles. The molecule has 5 rings (SSSR count). The zero-order valence-electron chi connectivity index (χ0n) is 12.8. The highest BCUT2D eigenvalue weighted by Gasteiger charge is 2.39. The number of amides is 1. The number of nitrogens with zero attached hydrogens (tertiary/aromatic N) is 1. The Morgan fingerprint density at radius 3 is 2.91 bits per heavy atom. The summed E-state index contributed by atoms with van der Waals surface area (Å²) >= 11 is 1.71. The predicted molar refractivity (Wildman–Crippen MR) is 92.1 cm³/mol. The fourth-order valence-electron chi connectivity index (χ4n) is 3.80. The van der Waals surface area contributed by atoms with E-state index in [-0.39, 0.29) is 11.9 Å². The van der Waals surface area contributed by atoms with Gasteiger partial charge < -0.3 is 16.0 Å². The average molecular weight is 328 g/mol. The summed E-state index contributed by atoms with van der Waals surface area (Å²) in [5.41, 5.74) is 0.524. The number of rotatable bonds is 4.